The lowest BCUT2D eigenvalue weighted by Gasteiger charge is -2.30. The first-order valence-electron chi connectivity index (χ1n) is 10.1. The van der Waals surface area contributed by atoms with Crippen LogP contribution >= 0.6 is 11.3 Å². The maximum absolute atomic E-state index is 13.0. The largest absolute Gasteiger partial charge is 0.368 e. The van der Waals surface area contributed by atoms with Crippen molar-refractivity contribution in [3.63, 3.8) is 0 Å². The Kier molecular flexibility index (Phi) is 6.73. The summed E-state index contributed by atoms with van der Waals surface area (Å²) >= 11 is 1.64. The van der Waals surface area contributed by atoms with Gasteiger partial charge in [0.25, 0.3) is 5.91 Å². The maximum Gasteiger partial charge on any atom is 0.251 e. The molecule has 0 radical (unpaired) electrons. The molecule has 1 aliphatic rings. The maximum atomic E-state index is 13.0. The fourth-order valence-electron chi connectivity index (χ4n) is 3.43. The molecule has 0 saturated carbocycles. The average Bonchev–Trinajstić information content (AvgIpc) is 3.32. The summed E-state index contributed by atoms with van der Waals surface area (Å²) in [6, 6.07) is 10.6. The van der Waals surface area contributed by atoms with Crippen molar-refractivity contribution in [1.29, 1.82) is 0 Å². The van der Waals surface area contributed by atoms with E-state index in [-0.39, 0.29) is 30.1 Å². The van der Waals surface area contributed by atoms with Crippen LogP contribution in [0, 0.1) is 5.92 Å². The number of hydrogen-bond donors (Lipinski definition) is 2. The lowest BCUT2D eigenvalue weighted by atomic mass is 9.92. The van der Waals surface area contributed by atoms with Gasteiger partial charge in [0.15, 0.2) is 5.78 Å². The Morgan fingerprint density at radius 3 is 2.47 bits per heavy atom. The predicted octanol–water partition coefficient (Wildman–Crippen LogP) is 3.42. The van der Waals surface area contributed by atoms with Crippen molar-refractivity contribution in [1.82, 2.24) is 10.6 Å². The molecule has 0 aliphatic carbocycles. The molecule has 3 atom stereocenters. The van der Waals surface area contributed by atoms with Crippen LogP contribution in [0.1, 0.15) is 44.5 Å². The number of thiophene rings is 1. The molecular weight excluding hydrogens is 400 g/mol. The summed E-state index contributed by atoms with van der Waals surface area (Å²) in [7, 11) is 0. The third kappa shape index (κ3) is 4.79. The average molecular weight is 429 g/mol. The van der Waals surface area contributed by atoms with E-state index in [0.29, 0.717) is 12.0 Å². The number of benzene rings is 1. The van der Waals surface area contributed by atoms with Crippen LogP contribution < -0.4 is 10.6 Å². The molecule has 2 heterocycles. The Balaban J connectivity index is 1.71. The topological polar surface area (TPSA) is 84.5 Å². The van der Waals surface area contributed by atoms with E-state index in [0.717, 1.165) is 10.4 Å². The summed E-state index contributed by atoms with van der Waals surface area (Å²) in [5.41, 5.74) is 0.441. The van der Waals surface area contributed by atoms with Gasteiger partial charge in [-0.15, -0.1) is 11.3 Å². The van der Waals surface area contributed by atoms with Gasteiger partial charge in [-0.25, -0.2) is 0 Å². The van der Waals surface area contributed by atoms with Crippen molar-refractivity contribution in [3.8, 4) is 10.4 Å². The molecule has 3 rings (SSSR count). The number of carbonyl (C=O) groups excluding carboxylic acids is 3. The minimum atomic E-state index is -1.08. The van der Waals surface area contributed by atoms with Gasteiger partial charge in [0.05, 0.1) is 6.10 Å². The summed E-state index contributed by atoms with van der Waals surface area (Å²) < 4.78 is 5.38. The van der Waals surface area contributed by atoms with Gasteiger partial charge in [0.1, 0.15) is 18.2 Å². The molecule has 1 aromatic carbocycles. The highest BCUT2D eigenvalue weighted by Gasteiger charge is 2.47. The highest BCUT2D eigenvalue weighted by molar-refractivity contribution is 7.13. The van der Waals surface area contributed by atoms with Crippen LogP contribution in [-0.4, -0.2) is 41.9 Å². The first-order valence-corrected chi connectivity index (χ1v) is 11.0. The predicted molar refractivity (Wildman–Crippen MR) is 117 cm³/mol. The standard InChI is InChI=1S/C23H28N2O4S/c1-14(2)12-18(22(28)25-23(4)15(3)29-13-20(23)26)24-21(27)17-9-7-16(8-10-17)19-6-5-11-30-19/h5-11,14-15,18H,12-13H2,1-4H3,(H,24,27)(H,25,28)/t15-,18-,23-/m1/s1. The first-order chi connectivity index (χ1) is 14.2. The second-order valence-corrected chi connectivity index (χ2v) is 9.23. The van der Waals surface area contributed by atoms with Crippen LogP contribution in [0.3, 0.4) is 0 Å². The van der Waals surface area contributed by atoms with Crippen molar-refractivity contribution >= 4 is 28.9 Å². The highest BCUT2D eigenvalue weighted by atomic mass is 32.1. The molecule has 2 aromatic rings. The zero-order valence-corrected chi connectivity index (χ0v) is 18.5. The fourth-order valence-corrected chi connectivity index (χ4v) is 4.16. The van der Waals surface area contributed by atoms with E-state index in [4.69, 9.17) is 4.74 Å². The van der Waals surface area contributed by atoms with Gasteiger partial charge in [0, 0.05) is 10.4 Å². The van der Waals surface area contributed by atoms with Crippen molar-refractivity contribution in [2.45, 2.75) is 51.8 Å². The summed E-state index contributed by atoms with van der Waals surface area (Å²) in [6.45, 7) is 7.38. The van der Waals surface area contributed by atoms with Gasteiger partial charge in [-0.3, -0.25) is 14.4 Å². The van der Waals surface area contributed by atoms with Crippen LogP contribution in [0.15, 0.2) is 41.8 Å². The monoisotopic (exact) mass is 428 g/mol. The molecule has 0 spiro atoms. The number of ether oxygens (including phenoxy) is 1. The number of Topliss-reactive ketones (excluding diaryl/α,β-unsaturated/α-hetero) is 1. The van der Waals surface area contributed by atoms with Gasteiger partial charge in [-0.1, -0.05) is 32.0 Å². The third-order valence-corrected chi connectivity index (χ3v) is 6.44. The molecule has 6 nitrogen and oxygen atoms in total. The Morgan fingerprint density at radius 1 is 1.23 bits per heavy atom. The van der Waals surface area contributed by atoms with Gasteiger partial charge in [-0.2, -0.15) is 0 Å². The Hall–Kier alpha value is -2.51. The van der Waals surface area contributed by atoms with Crippen molar-refractivity contribution in [3.05, 3.63) is 47.3 Å². The smallest absolute Gasteiger partial charge is 0.251 e. The summed E-state index contributed by atoms with van der Waals surface area (Å²) in [6.07, 6.45) is 0.0406. The second kappa shape index (κ2) is 9.10. The summed E-state index contributed by atoms with van der Waals surface area (Å²) in [4.78, 5) is 39.1. The number of rotatable bonds is 7. The first kappa shape index (κ1) is 22.2. The van der Waals surface area contributed by atoms with E-state index < -0.39 is 17.7 Å². The Morgan fingerprint density at radius 2 is 1.93 bits per heavy atom. The van der Waals surface area contributed by atoms with E-state index in [2.05, 4.69) is 10.6 Å². The van der Waals surface area contributed by atoms with E-state index in [9.17, 15) is 14.4 Å². The molecule has 1 fully saturated rings. The molecule has 2 N–H and O–H groups in total. The van der Waals surface area contributed by atoms with E-state index in [1.807, 2.05) is 43.5 Å². The van der Waals surface area contributed by atoms with Gasteiger partial charge in [0.2, 0.25) is 5.91 Å². The summed E-state index contributed by atoms with van der Waals surface area (Å²) in [5.74, 6) is -0.675. The minimum Gasteiger partial charge on any atom is -0.368 e. The normalized spacial score (nSPS) is 22.2. The molecule has 30 heavy (non-hydrogen) atoms. The Labute approximate surface area is 181 Å². The molecule has 160 valence electrons. The van der Waals surface area contributed by atoms with E-state index >= 15 is 0 Å². The number of amides is 2. The van der Waals surface area contributed by atoms with Crippen LogP contribution in [0.2, 0.25) is 0 Å². The van der Waals surface area contributed by atoms with Gasteiger partial charge >= 0.3 is 0 Å². The molecular formula is C23H28N2O4S. The molecule has 1 aromatic heterocycles. The SMILES string of the molecule is CC(C)C[C@@H](NC(=O)c1ccc(-c2cccs2)cc1)C(=O)N[C@@]1(C)C(=O)CO[C@@H]1C. The molecule has 1 aliphatic heterocycles. The van der Waals surface area contributed by atoms with Crippen LogP contribution in [-0.2, 0) is 14.3 Å². The number of nitrogens with one attached hydrogen (secondary N) is 2. The van der Waals surface area contributed by atoms with Crippen molar-refractivity contribution < 1.29 is 19.1 Å². The van der Waals surface area contributed by atoms with Crippen LogP contribution in [0.25, 0.3) is 10.4 Å². The van der Waals surface area contributed by atoms with Crippen LogP contribution in [0.4, 0.5) is 0 Å². The molecule has 0 bridgehead atoms. The van der Waals surface area contributed by atoms with Crippen LogP contribution in [0.5, 0.6) is 0 Å². The fraction of sp³-hybridized carbons (Fsp3) is 0.435. The highest BCUT2D eigenvalue weighted by Crippen LogP contribution is 2.25. The zero-order chi connectivity index (χ0) is 21.9. The van der Waals surface area contributed by atoms with E-state index in [1.54, 1.807) is 37.3 Å². The quantitative estimate of drug-likeness (QED) is 0.708. The van der Waals surface area contributed by atoms with E-state index in [1.165, 1.54) is 0 Å². The van der Waals surface area contributed by atoms with Crippen molar-refractivity contribution in [2.75, 3.05) is 6.61 Å². The molecule has 2 amide bonds. The molecule has 0 unspecified atom stereocenters. The van der Waals surface area contributed by atoms with Gasteiger partial charge in [-0.05, 0) is 55.3 Å². The zero-order valence-electron chi connectivity index (χ0n) is 17.7. The second-order valence-electron chi connectivity index (χ2n) is 8.28. The lowest BCUT2D eigenvalue weighted by molar-refractivity contribution is -0.130. The summed E-state index contributed by atoms with van der Waals surface area (Å²) in [5, 5.41) is 7.66. The number of ketones is 1. The molecule has 7 heteroatoms. The number of carbonyl (C=O) groups is 3. The third-order valence-electron chi connectivity index (χ3n) is 5.52. The minimum absolute atomic E-state index is 0.0181. The van der Waals surface area contributed by atoms with Gasteiger partial charge < -0.3 is 15.4 Å². The molecule has 1 saturated heterocycles. The lowest BCUT2D eigenvalue weighted by Crippen LogP contribution is -2.60. The van der Waals surface area contributed by atoms with Crippen molar-refractivity contribution in [2.24, 2.45) is 5.92 Å². The number of hydrogen-bond acceptors (Lipinski definition) is 5. The Bertz CT molecular complexity index is 908.